The molecule has 0 aliphatic carbocycles. The molecule has 1 heterocycles. The second kappa shape index (κ2) is 7.93. The number of hydrazine groups is 1. The Balaban J connectivity index is 2.26. The Hall–Kier alpha value is -1.69. The van der Waals surface area contributed by atoms with Gasteiger partial charge in [-0.25, -0.2) is 5.43 Å². The molecular weight excluding hydrogens is 264 g/mol. The molecule has 0 fully saturated rings. The van der Waals surface area contributed by atoms with E-state index in [2.05, 4.69) is 29.6 Å². The Labute approximate surface area is 126 Å². The lowest BCUT2D eigenvalue weighted by molar-refractivity contribution is 0.0326. The Morgan fingerprint density at radius 2 is 2.00 bits per heavy atom. The summed E-state index contributed by atoms with van der Waals surface area (Å²) in [7, 11) is 0. The number of hydrogen-bond donors (Lipinski definition) is 2. The number of ether oxygens (including phenoxy) is 1. The van der Waals surface area contributed by atoms with E-state index >= 15 is 0 Å². The number of nitrogens with two attached hydrogens (primary N) is 1. The van der Waals surface area contributed by atoms with Crippen LogP contribution in [0.15, 0.2) is 42.7 Å². The fraction of sp³-hybridized carbons (Fsp3) is 0.438. The van der Waals surface area contributed by atoms with Gasteiger partial charge < -0.3 is 4.74 Å². The van der Waals surface area contributed by atoms with Gasteiger partial charge in [0.05, 0.1) is 12.2 Å². The maximum atomic E-state index is 5.93. The zero-order valence-electron chi connectivity index (χ0n) is 12.7. The largest absolute Gasteiger partial charge is 0.372 e. The fourth-order valence-electron chi connectivity index (χ4n) is 2.46. The van der Waals surface area contributed by atoms with Gasteiger partial charge in [0.2, 0.25) is 0 Å². The van der Waals surface area contributed by atoms with E-state index in [1.54, 1.807) is 0 Å². The Morgan fingerprint density at radius 3 is 2.62 bits per heavy atom. The summed E-state index contributed by atoms with van der Waals surface area (Å²) in [5.74, 6) is 5.79. The summed E-state index contributed by atoms with van der Waals surface area (Å²) in [5, 5.41) is 4.38. The lowest BCUT2D eigenvalue weighted by Crippen LogP contribution is -2.33. The van der Waals surface area contributed by atoms with Gasteiger partial charge in [0.25, 0.3) is 0 Å². The van der Waals surface area contributed by atoms with Crippen LogP contribution in [0.5, 0.6) is 0 Å². The van der Waals surface area contributed by atoms with Crippen LogP contribution in [0.1, 0.15) is 43.5 Å². The highest BCUT2D eigenvalue weighted by molar-refractivity contribution is 5.23. The highest BCUT2D eigenvalue weighted by Gasteiger charge is 2.25. The van der Waals surface area contributed by atoms with Gasteiger partial charge in [0.15, 0.2) is 0 Å². The summed E-state index contributed by atoms with van der Waals surface area (Å²) in [6.45, 7) is 5.65. The molecule has 2 aromatic rings. The van der Waals surface area contributed by atoms with Crippen LogP contribution in [0.3, 0.4) is 0 Å². The minimum atomic E-state index is -0.138. The lowest BCUT2D eigenvalue weighted by atomic mass is 9.98. The second-order valence-electron chi connectivity index (χ2n) is 4.97. The molecule has 1 aromatic carbocycles. The summed E-state index contributed by atoms with van der Waals surface area (Å²) >= 11 is 0. The van der Waals surface area contributed by atoms with E-state index in [0.717, 1.165) is 24.1 Å². The van der Waals surface area contributed by atoms with Gasteiger partial charge in [-0.2, -0.15) is 5.10 Å². The number of nitrogens with zero attached hydrogens (tertiary/aromatic N) is 2. The highest BCUT2D eigenvalue weighted by atomic mass is 16.5. The van der Waals surface area contributed by atoms with E-state index in [1.807, 2.05) is 42.2 Å². The number of rotatable bonds is 8. The Morgan fingerprint density at radius 1 is 1.24 bits per heavy atom. The highest BCUT2D eigenvalue weighted by Crippen LogP contribution is 2.31. The summed E-state index contributed by atoms with van der Waals surface area (Å²) in [4.78, 5) is 0. The molecule has 0 aliphatic heterocycles. The van der Waals surface area contributed by atoms with Crippen molar-refractivity contribution in [2.45, 2.75) is 39.0 Å². The van der Waals surface area contributed by atoms with Crippen molar-refractivity contribution in [3.05, 3.63) is 53.9 Å². The molecule has 21 heavy (non-hydrogen) atoms. The third kappa shape index (κ3) is 3.91. The lowest BCUT2D eigenvalue weighted by Gasteiger charge is -2.26. The van der Waals surface area contributed by atoms with Gasteiger partial charge in [0, 0.05) is 24.9 Å². The van der Waals surface area contributed by atoms with Crippen molar-refractivity contribution in [3.63, 3.8) is 0 Å². The van der Waals surface area contributed by atoms with Gasteiger partial charge in [-0.3, -0.25) is 10.5 Å². The SMILES string of the molecule is CCCn1cc(C(NN)C(OCC)c2ccccc2)cn1. The van der Waals surface area contributed by atoms with Crippen molar-refractivity contribution in [2.24, 2.45) is 5.84 Å². The molecule has 0 bridgehead atoms. The molecule has 0 saturated heterocycles. The summed E-state index contributed by atoms with van der Waals surface area (Å²) < 4.78 is 7.86. The van der Waals surface area contributed by atoms with E-state index in [0.29, 0.717) is 6.61 Å². The van der Waals surface area contributed by atoms with Crippen LogP contribution in [0.25, 0.3) is 0 Å². The molecule has 5 heteroatoms. The molecule has 0 spiro atoms. The van der Waals surface area contributed by atoms with Crippen molar-refractivity contribution in [1.82, 2.24) is 15.2 Å². The van der Waals surface area contributed by atoms with Crippen LogP contribution in [-0.2, 0) is 11.3 Å². The van der Waals surface area contributed by atoms with Crippen LogP contribution in [-0.4, -0.2) is 16.4 Å². The molecule has 0 saturated carbocycles. The average Bonchev–Trinajstić information content (AvgIpc) is 2.97. The maximum absolute atomic E-state index is 5.93. The van der Waals surface area contributed by atoms with Crippen LogP contribution < -0.4 is 11.3 Å². The number of aromatic nitrogens is 2. The van der Waals surface area contributed by atoms with E-state index in [1.165, 1.54) is 0 Å². The van der Waals surface area contributed by atoms with E-state index in [9.17, 15) is 0 Å². The maximum Gasteiger partial charge on any atom is 0.103 e. The molecule has 2 atom stereocenters. The number of hydrogen-bond acceptors (Lipinski definition) is 4. The van der Waals surface area contributed by atoms with Gasteiger partial charge in [-0.1, -0.05) is 37.3 Å². The first-order valence-corrected chi connectivity index (χ1v) is 7.45. The normalized spacial score (nSPS) is 14.0. The van der Waals surface area contributed by atoms with E-state index in [4.69, 9.17) is 10.6 Å². The quantitative estimate of drug-likeness (QED) is 0.579. The van der Waals surface area contributed by atoms with Crippen LogP contribution >= 0.6 is 0 Å². The van der Waals surface area contributed by atoms with E-state index < -0.39 is 0 Å². The number of nitrogens with one attached hydrogen (secondary N) is 1. The first-order valence-electron chi connectivity index (χ1n) is 7.45. The van der Waals surface area contributed by atoms with Crippen LogP contribution in [0, 0.1) is 0 Å². The summed E-state index contributed by atoms with van der Waals surface area (Å²) in [5.41, 5.74) is 5.02. The fourth-order valence-corrected chi connectivity index (χ4v) is 2.46. The minimum absolute atomic E-state index is 0.127. The first-order chi connectivity index (χ1) is 10.3. The zero-order valence-corrected chi connectivity index (χ0v) is 12.7. The molecule has 0 amide bonds. The second-order valence-corrected chi connectivity index (χ2v) is 4.97. The van der Waals surface area contributed by atoms with E-state index in [-0.39, 0.29) is 12.1 Å². The third-order valence-corrected chi connectivity index (χ3v) is 3.42. The number of benzene rings is 1. The predicted octanol–water partition coefficient (Wildman–Crippen LogP) is 2.58. The zero-order chi connectivity index (χ0) is 15.1. The van der Waals surface area contributed by atoms with Gasteiger partial charge in [-0.15, -0.1) is 0 Å². The van der Waals surface area contributed by atoms with Crippen molar-refractivity contribution < 1.29 is 4.74 Å². The third-order valence-electron chi connectivity index (χ3n) is 3.42. The Kier molecular flexibility index (Phi) is 5.92. The molecule has 0 radical (unpaired) electrons. The summed E-state index contributed by atoms with van der Waals surface area (Å²) in [6.07, 6.45) is 4.80. The topological polar surface area (TPSA) is 65.1 Å². The monoisotopic (exact) mass is 288 g/mol. The standard InChI is InChI=1S/C16H24N4O/c1-3-10-20-12-14(11-18-20)15(19-17)16(21-4-2)13-8-6-5-7-9-13/h5-9,11-12,15-16,19H,3-4,10,17H2,1-2H3. The molecular formula is C16H24N4O. The molecule has 0 aliphatic rings. The number of aryl methyl sites for hydroxylation is 1. The van der Waals surface area contributed by atoms with Crippen molar-refractivity contribution in [3.8, 4) is 0 Å². The van der Waals surface area contributed by atoms with Crippen LogP contribution in [0.2, 0.25) is 0 Å². The molecule has 2 rings (SSSR count). The average molecular weight is 288 g/mol. The van der Waals surface area contributed by atoms with Crippen molar-refractivity contribution in [1.29, 1.82) is 0 Å². The van der Waals surface area contributed by atoms with Gasteiger partial charge in [0.1, 0.15) is 6.10 Å². The Bertz CT molecular complexity index is 526. The molecule has 2 unspecified atom stereocenters. The summed E-state index contributed by atoms with van der Waals surface area (Å²) in [6, 6.07) is 10.0. The van der Waals surface area contributed by atoms with Crippen molar-refractivity contribution in [2.75, 3.05) is 6.61 Å². The van der Waals surface area contributed by atoms with Gasteiger partial charge in [-0.05, 0) is 18.9 Å². The minimum Gasteiger partial charge on any atom is -0.372 e. The smallest absolute Gasteiger partial charge is 0.103 e. The van der Waals surface area contributed by atoms with Crippen molar-refractivity contribution >= 4 is 0 Å². The predicted molar refractivity (Wildman–Crippen MR) is 83.4 cm³/mol. The molecule has 3 N–H and O–H groups in total. The van der Waals surface area contributed by atoms with Gasteiger partial charge >= 0.3 is 0 Å². The molecule has 1 aromatic heterocycles. The molecule has 114 valence electrons. The first kappa shape index (κ1) is 15.7. The molecule has 5 nitrogen and oxygen atoms in total. The van der Waals surface area contributed by atoms with Crippen LogP contribution in [0.4, 0.5) is 0 Å².